The monoisotopic (exact) mass is 206 g/mol. The summed E-state index contributed by atoms with van der Waals surface area (Å²) in [5.41, 5.74) is 1.87. The number of carboxylic acids is 1. The maximum Gasteiger partial charge on any atom is 0.337 e. The fourth-order valence-electron chi connectivity index (χ4n) is 1.73. The minimum Gasteiger partial charge on any atom is -0.478 e. The van der Waals surface area contributed by atoms with E-state index >= 15 is 0 Å². The van der Waals surface area contributed by atoms with Gasteiger partial charge in [-0.1, -0.05) is 6.07 Å². The number of aromatic carboxylic acids is 1. The van der Waals surface area contributed by atoms with E-state index in [-0.39, 0.29) is 6.04 Å². The van der Waals surface area contributed by atoms with Crippen LogP contribution >= 0.6 is 0 Å². The van der Waals surface area contributed by atoms with E-state index in [2.05, 4.69) is 17.6 Å². The number of para-hydroxylation sites is 1. The van der Waals surface area contributed by atoms with Gasteiger partial charge >= 0.3 is 5.97 Å². The van der Waals surface area contributed by atoms with Gasteiger partial charge in [0, 0.05) is 12.1 Å². The third kappa shape index (κ3) is 1.63. The van der Waals surface area contributed by atoms with Crippen LogP contribution in [0.3, 0.4) is 0 Å². The van der Waals surface area contributed by atoms with E-state index in [0.717, 1.165) is 5.69 Å². The molecule has 2 rings (SSSR count). The van der Waals surface area contributed by atoms with Crippen LogP contribution in [0.25, 0.3) is 0 Å². The number of benzene rings is 1. The summed E-state index contributed by atoms with van der Waals surface area (Å²) >= 11 is 0. The molecule has 0 fully saturated rings. The van der Waals surface area contributed by atoms with Gasteiger partial charge in [-0.3, -0.25) is 0 Å². The summed E-state index contributed by atoms with van der Waals surface area (Å²) in [4.78, 5) is 11.0. The Hall–Kier alpha value is -1.71. The first-order valence-corrected chi connectivity index (χ1v) is 4.99. The zero-order valence-corrected chi connectivity index (χ0v) is 8.74. The van der Waals surface area contributed by atoms with E-state index in [1.807, 2.05) is 13.0 Å². The van der Waals surface area contributed by atoms with Crippen LogP contribution in [0.15, 0.2) is 18.2 Å². The molecule has 1 aliphatic heterocycles. The van der Waals surface area contributed by atoms with Crippen LogP contribution in [0, 0.1) is 0 Å². The first-order valence-electron chi connectivity index (χ1n) is 4.99. The van der Waals surface area contributed by atoms with E-state index in [4.69, 9.17) is 5.11 Å². The highest BCUT2D eigenvalue weighted by molar-refractivity contribution is 5.98. The second-order valence-corrected chi connectivity index (χ2v) is 3.90. The standard InChI is InChI=1S/C11H14N2O2/c1-6-7(2)13-10-8(11(14)15)4-3-5-9(10)12-6/h3-7,12-13H,1-2H3,(H,14,15). The van der Waals surface area contributed by atoms with Gasteiger partial charge in [-0.25, -0.2) is 4.79 Å². The van der Waals surface area contributed by atoms with Crippen LogP contribution in [-0.4, -0.2) is 23.2 Å². The highest BCUT2D eigenvalue weighted by Crippen LogP contribution is 2.31. The molecule has 2 unspecified atom stereocenters. The van der Waals surface area contributed by atoms with Crippen LogP contribution in [0.2, 0.25) is 0 Å². The topological polar surface area (TPSA) is 61.4 Å². The average Bonchev–Trinajstić information content (AvgIpc) is 2.18. The summed E-state index contributed by atoms with van der Waals surface area (Å²) in [5.74, 6) is -0.900. The molecule has 0 spiro atoms. The summed E-state index contributed by atoms with van der Waals surface area (Å²) in [7, 11) is 0. The van der Waals surface area contributed by atoms with Crippen LogP contribution < -0.4 is 10.6 Å². The van der Waals surface area contributed by atoms with Crippen molar-refractivity contribution >= 4 is 17.3 Å². The van der Waals surface area contributed by atoms with Crippen LogP contribution in [-0.2, 0) is 0 Å². The summed E-state index contributed by atoms with van der Waals surface area (Å²) in [6.45, 7) is 4.09. The van der Waals surface area contributed by atoms with Crippen molar-refractivity contribution in [3.05, 3.63) is 23.8 Å². The summed E-state index contributed by atoms with van der Waals surface area (Å²) in [6, 6.07) is 5.76. The summed E-state index contributed by atoms with van der Waals surface area (Å²) in [6.07, 6.45) is 0. The molecule has 15 heavy (non-hydrogen) atoms. The minimum absolute atomic E-state index is 0.220. The molecule has 1 heterocycles. The van der Waals surface area contributed by atoms with Crippen molar-refractivity contribution in [2.75, 3.05) is 10.6 Å². The molecule has 80 valence electrons. The quantitative estimate of drug-likeness (QED) is 0.657. The van der Waals surface area contributed by atoms with Crippen LogP contribution in [0.1, 0.15) is 24.2 Å². The first-order chi connectivity index (χ1) is 7.09. The van der Waals surface area contributed by atoms with Crippen molar-refractivity contribution in [2.45, 2.75) is 25.9 Å². The van der Waals surface area contributed by atoms with Gasteiger partial charge in [-0.2, -0.15) is 0 Å². The fourth-order valence-corrected chi connectivity index (χ4v) is 1.73. The van der Waals surface area contributed by atoms with Gasteiger partial charge in [0.1, 0.15) is 0 Å². The zero-order chi connectivity index (χ0) is 11.0. The molecule has 0 saturated heterocycles. The van der Waals surface area contributed by atoms with Crippen molar-refractivity contribution in [3.8, 4) is 0 Å². The molecule has 3 N–H and O–H groups in total. The Balaban J connectivity index is 2.48. The zero-order valence-electron chi connectivity index (χ0n) is 8.74. The van der Waals surface area contributed by atoms with E-state index in [0.29, 0.717) is 17.3 Å². The van der Waals surface area contributed by atoms with Gasteiger partial charge in [0.15, 0.2) is 0 Å². The minimum atomic E-state index is -0.900. The predicted octanol–water partition coefficient (Wildman–Crippen LogP) is 2.00. The largest absolute Gasteiger partial charge is 0.478 e. The Morgan fingerprint density at radius 2 is 1.93 bits per heavy atom. The lowest BCUT2D eigenvalue weighted by Gasteiger charge is -2.32. The molecule has 2 atom stereocenters. The van der Waals surface area contributed by atoms with Crippen molar-refractivity contribution < 1.29 is 9.90 Å². The van der Waals surface area contributed by atoms with Crippen LogP contribution in [0.5, 0.6) is 0 Å². The molecule has 1 aromatic carbocycles. The van der Waals surface area contributed by atoms with Gasteiger partial charge in [-0.05, 0) is 26.0 Å². The smallest absolute Gasteiger partial charge is 0.337 e. The number of carboxylic acid groups (broad SMARTS) is 1. The number of hydrogen-bond donors (Lipinski definition) is 3. The van der Waals surface area contributed by atoms with Gasteiger partial charge in [0.25, 0.3) is 0 Å². The van der Waals surface area contributed by atoms with Gasteiger partial charge < -0.3 is 15.7 Å². The molecule has 4 nitrogen and oxygen atoms in total. The normalized spacial score (nSPS) is 23.6. The Morgan fingerprint density at radius 1 is 1.27 bits per heavy atom. The van der Waals surface area contributed by atoms with E-state index in [1.165, 1.54) is 0 Å². The lowest BCUT2D eigenvalue weighted by molar-refractivity contribution is 0.0698. The Morgan fingerprint density at radius 3 is 2.60 bits per heavy atom. The molecule has 0 aromatic heterocycles. The summed E-state index contributed by atoms with van der Waals surface area (Å²) in [5, 5.41) is 15.5. The highest BCUT2D eigenvalue weighted by atomic mass is 16.4. The maximum absolute atomic E-state index is 11.0. The van der Waals surface area contributed by atoms with Gasteiger partial charge in [0.2, 0.25) is 0 Å². The van der Waals surface area contributed by atoms with Gasteiger partial charge in [0.05, 0.1) is 16.9 Å². The average molecular weight is 206 g/mol. The third-order valence-electron chi connectivity index (χ3n) is 2.80. The van der Waals surface area contributed by atoms with Crippen molar-refractivity contribution in [2.24, 2.45) is 0 Å². The van der Waals surface area contributed by atoms with E-state index < -0.39 is 5.97 Å². The highest BCUT2D eigenvalue weighted by Gasteiger charge is 2.23. The first kappa shape index (κ1) is 9.83. The van der Waals surface area contributed by atoms with Crippen molar-refractivity contribution in [1.82, 2.24) is 0 Å². The molecular formula is C11H14N2O2. The Kier molecular flexibility index (Phi) is 2.26. The second-order valence-electron chi connectivity index (χ2n) is 3.90. The lowest BCUT2D eigenvalue weighted by atomic mass is 10.0. The second kappa shape index (κ2) is 3.46. The number of nitrogens with one attached hydrogen (secondary N) is 2. The summed E-state index contributed by atoms with van der Waals surface area (Å²) < 4.78 is 0. The van der Waals surface area contributed by atoms with Crippen molar-refractivity contribution in [1.29, 1.82) is 0 Å². The fraction of sp³-hybridized carbons (Fsp3) is 0.364. The maximum atomic E-state index is 11.0. The van der Waals surface area contributed by atoms with Crippen molar-refractivity contribution in [3.63, 3.8) is 0 Å². The molecule has 1 aliphatic rings. The Labute approximate surface area is 88.3 Å². The Bertz CT molecular complexity index is 404. The number of anilines is 2. The number of rotatable bonds is 1. The van der Waals surface area contributed by atoms with Gasteiger partial charge in [-0.15, -0.1) is 0 Å². The SMILES string of the molecule is CC1Nc2cccc(C(=O)O)c2NC1C. The third-order valence-corrected chi connectivity index (χ3v) is 2.80. The van der Waals surface area contributed by atoms with E-state index in [1.54, 1.807) is 12.1 Å². The molecular weight excluding hydrogens is 192 g/mol. The van der Waals surface area contributed by atoms with Crippen LogP contribution in [0.4, 0.5) is 11.4 Å². The molecule has 0 saturated carbocycles. The number of carbonyl (C=O) groups is 1. The lowest BCUT2D eigenvalue weighted by Crippen LogP contribution is -2.39. The molecule has 0 radical (unpaired) electrons. The molecule has 1 aromatic rings. The molecule has 0 bridgehead atoms. The molecule has 0 amide bonds. The number of hydrogen-bond acceptors (Lipinski definition) is 3. The number of fused-ring (bicyclic) bond motifs is 1. The predicted molar refractivity (Wildman–Crippen MR) is 59.6 cm³/mol. The van der Waals surface area contributed by atoms with E-state index in [9.17, 15) is 4.79 Å². The molecule has 4 heteroatoms. The molecule has 0 aliphatic carbocycles.